The summed E-state index contributed by atoms with van der Waals surface area (Å²) in [6, 6.07) is 3.55. The number of carbonyl (C=O) groups is 1. The minimum Gasteiger partial charge on any atom is -0.390 e. The molecule has 0 aliphatic carbocycles. The van der Waals surface area contributed by atoms with Crippen LogP contribution in [0.25, 0.3) is 0 Å². The number of carbonyl (C=O) groups excluding carboxylic acids is 1. The number of nitrogens with zero attached hydrogens (tertiary/aromatic N) is 4. The minimum atomic E-state index is -0.464. The maximum atomic E-state index is 12.2. The van der Waals surface area contributed by atoms with Crippen molar-refractivity contribution in [3.63, 3.8) is 0 Å². The fraction of sp³-hybridized carbons (Fsp3) is 0.562. The molecule has 0 spiro atoms. The highest BCUT2D eigenvalue weighted by Crippen LogP contribution is 2.19. The van der Waals surface area contributed by atoms with Gasteiger partial charge in [0.1, 0.15) is 5.76 Å². The summed E-state index contributed by atoms with van der Waals surface area (Å²) in [5.74, 6) is 1.10. The van der Waals surface area contributed by atoms with Gasteiger partial charge in [-0.2, -0.15) is 5.10 Å². The normalized spacial score (nSPS) is 17.8. The van der Waals surface area contributed by atoms with Gasteiger partial charge in [-0.25, -0.2) is 0 Å². The Kier molecular flexibility index (Phi) is 5.27. The Morgan fingerprint density at radius 3 is 2.88 bits per heavy atom. The predicted octanol–water partition coefficient (Wildman–Crippen LogP) is 0.891. The second kappa shape index (κ2) is 7.59. The molecule has 3 rings (SSSR count). The van der Waals surface area contributed by atoms with E-state index >= 15 is 0 Å². The number of hydrogen-bond donors (Lipinski definition) is 2. The molecule has 0 bridgehead atoms. The number of β-amino-alcohol motifs (C(OH)–C–C–N with tert-alkyl or cyclic N) is 1. The average molecular weight is 333 g/mol. The monoisotopic (exact) mass is 333 g/mol. The summed E-state index contributed by atoms with van der Waals surface area (Å²) in [7, 11) is 0. The zero-order chi connectivity index (χ0) is 16.9. The van der Waals surface area contributed by atoms with Crippen molar-refractivity contribution in [2.45, 2.75) is 32.4 Å². The molecule has 1 unspecified atom stereocenters. The molecule has 24 heavy (non-hydrogen) atoms. The van der Waals surface area contributed by atoms with Gasteiger partial charge in [0.05, 0.1) is 12.6 Å². The van der Waals surface area contributed by atoms with Crippen LogP contribution >= 0.6 is 0 Å². The predicted molar refractivity (Wildman–Crippen MR) is 87.3 cm³/mol. The zero-order valence-corrected chi connectivity index (χ0v) is 13.8. The van der Waals surface area contributed by atoms with Crippen LogP contribution in [0.15, 0.2) is 29.0 Å². The molecule has 130 valence electrons. The number of rotatable bonds is 6. The van der Waals surface area contributed by atoms with E-state index in [1.807, 2.05) is 12.3 Å². The number of aliphatic hydroxyl groups excluding tert-OH is 1. The fourth-order valence-corrected chi connectivity index (χ4v) is 3.01. The van der Waals surface area contributed by atoms with E-state index in [2.05, 4.69) is 20.5 Å². The van der Waals surface area contributed by atoms with Gasteiger partial charge in [-0.3, -0.25) is 9.48 Å². The van der Waals surface area contributed by atoms with Gasteiger partial charge in [-0.15, -0.1) is 0 Å². The summed E-state index contributed by atoms with van der Waals surface area (Å²) in [4.78, 5) is 14.4. The minimum absolute atomic E-state index is 0.0139. The van der Waals surface area contributed by atoms with E-state index in [1.54, 1.807) is 23.9 Å². The highest BCUT2D eigenvalue weighted by Gasteiger charge is 2.26. The topological polar surface area (TPSA) is 96.4 Å². The summed E-state index contributed by atoms with van der Waals surface area (Å²) >= 11 is 0. The number of aromatic nitrogens is 3. The number of anilines is 1. The maximum absolute atomic E-state index is 12.2. The van der Waals surface area contributed by atoms with Crippen LogP contribution in [0.2, 0.25) is 0 Å². The summed E-state index contributed by atoms with van der Waals surface area (Å²) in [5.41, 5.74) is 0. The second-order valence-corrected chi connectivity index (χ2v) is 6.27. The highest BCUT2D eigenvalue weighted by molar-refractivity contribution is 5.91. The summed E-state index contributed by atoms with van der Waals surface area (Å²) < 4.78 is 6.68. The van der Waals surface area contributed by atoms with E-state index in [1.165, 1.54) is 0 Å². The third-order valence-corrected chi connectivity index (χ3v) is 4.26. The zero-order valence-electron chi connectivity index (χ0n) is 13.8. The average Bonchev–Trinajstić information content (AvgIpc) is 3.20. The summed E-state index contributed by atoms with van der Waals surface area (Å²) in [5, 5.41) is 20.8. The molecule has 2 aromatic rings. The Labute approximate surface area is 140 Å². The van der Waals surface area contributed by atoms with Crippen molar-refractivity contribution in [3.8, 4) is 0 Å². The van der Waals surface area contributed by atoms with Crippen molar-refractivity contribution < 1.29 is 14.4 Å². The van der Waals surface area contributed by atoms with Gasteiger partial charge in [-0.1, -0.05) is 5.16 Å². The molecule has 8 heteroatoms. The van der Waals surface area contributed by atoms with Crippen molar-refractivity contribution in [3.05, 3.63) is 30.3 Å². The molecule has 0 aromatic carbocycles. The lowest BCUT2D eigenvalue weighted by Crippen LogP contribution is -2.42. The Morgan fingerprint density at radius 2 is 2.25 bits per heavy atom. The summed E-state index contributed by atoms with van der Waals surface area (Å²) in [6.45, 7) is 4.46. The van der Waals surface area contributed by atoms with E-state index in [0.717, 1.165) is 25.9 Å². The number of amides is 1. The molecular weight excluding hydrogens is 310 g/mol. The first kappa shape index (κ1) is 16.7. The van der Waals surface area contributed by atoms with E-state index in [9.17, 15) is 9.90 Å². The van der Waals surface area contributed by atoms with E-state index in [4.69, 9.17) is 4.52 Å². The first-order chi connectivity index (χ1) is 11.6. The first-order valence-corrected chi connectivity index (χ1v) is 8.22. The molecule has 1 fully saturated rings. The highest BCUT2D eigenvalue weighted by atomic mass is 16.5. The van der Waals surface area contributed by atoms with Crippen molar-refractivity contribution in [1.29, 1.82) is 0 Å². The lowest BCUT2D eigenvalue weighted by molar-refractivity contribution is -0.121. The van der Waals surface area contributed by atoms with Gasteiger partial charge in [0.15, 0.2) is 5.82 Å². The molecule has 2 aromatic heterocycles. The van der Waals surface area contributed by atoms with Crippen molar-refractivity contribution in [2.24, 2.45) is 5.92 Å². The van der Waals surface area contributed by atoms with Gasteiger partial charge in [-0.05, 0) is 38.9 Å². The Bertz CT molecular complexity index is 646. The van der Waals surface area contributed by atoms with Crippen molar-refractivity contribution in [2.75, 3.05) is 25.0 Å². The van der Waals surface area contributed by atoms with Crippen LogP contribution < -0.4 is 5.32 Å². The third-order valence-electron chi connectivity index (χ3n) is 4.26. The number of hydrogen-bond acceptors (Lipinski definition) is 6. The quantitative estimate of drug-likeness (QED) is 0.815. The molecule has 0 radical (unpaired) electrons. The smallest absolute Gasteiger partial charge is 0.228 e. The number of nitrogens with one attached hydrogen (secondary N) is 1. The van der Waals surface area contributed by atoms with Gasteiger partial charge < -0.3 is 19.8 Å². The molecule has 1 aliphatic rings. The van der Waals surface area contributed by atoms with Crippen LogP contribution in [0.1, 0.15) is 18.6 Å². The summed E-state index contributed by atoms with van der Waals surface area (Å²) in [6.07, 6.45) is 4.63. The molecule has 8 nitrogen and oxygen atoms in total. The van der Waals surface area contributed by atoms with Gasteiger partial charge in [0.25, 0.3) is 0 Å². The Morgan fingerprint density at radius 1 is 1.46 bits per heavy atom. The molecule has 2 N–H and O–H groups in total. The number of aliphatic hydroxyl groups is 1. The molecule has 3 heterocycles. The van der Waals surface area contributed by atoms with Crippen LogP contribution in [0, 0.1) is 12.8 Å². The second-order valence-electron chi connectivity index (χ2n) is 6.27. The number of likely N-dealkylation sites (tertiary alicyclic amines) is 1. The van der Waals surface area contributed by atoms with Crippen molar-refractivity contribution in [1.82, 2.24) is 19.8 Å². The largest absolute Gasteiger partial charge is 0.390 e. The van der Waals surface area contributed by atoms with E-state index < -0.39 is 6.10 Å². The van der Waals surface area contributed by atoms with Crippen LogP contribution in [-0.4, -0.2) is 56.6 Å². The molecular formula is C16H23N5O3. The third kappa shape index (κ3) is 4.42. The van der Waals surface area contributed by atoms with Crippen molar-refractivity contribution >= 4 is 11.7 Å². The molecule has 1 amide bonds. The van der Waals surface area contributed by atoms with Crippen LogP contribution in [-0.2, 0) is 11.3 Å². The Hall–Kier alpha value is -2.19. The lowest BCUT2D eigenvalue weighted by atomic mass is 9.95. The Balaban J connectivity index is 1.41. The SMILES string of the molecule is Cc1cc(NC(=O)C2CCN(CC(O)Cn3cccn3)CC2)no1. The van der Waals surface area contributed by atoms with E-state index in [-0.39, 0.29) is 11.8 Å². The van der Waals surface area contributed by atoms with Gasteiger partial charge >= 0.3 is 0 Å². The van der Waals surface area contributed by atoms with Crippen LogP contribution in [0.5, 0.6) is 0 Å². The van der Waals surface area contributed by atoms with Gasteiger partial charge in [0.2, 0.25) is 5.91 Å². The molecule has 0 saturated carbocycles. The standard InChI is InChI=1S/C16H23N5O3/c1-12-9-15(19-24-12)18-16(23)13-3-7-20(8-4-13)10-14(22)11-21-6-2-5-17-21/h2,5-6,9,13-14,22H,3-4,7-8,10-11H2,1H3,(H,18,19,23). The number of piperidine rings is 1. The van der Waals surface area contributed by atoms with Gasteiger partial charge in [0, 0.05) is 30.9 Å². The fourth-order valence-electron chi connectivity index (χ4n) is 3.01. The maximum Gasteiger partial charge on any atom is 0.228 e. The molecule has 1 aliphatic heterocycles. The van der Waals surface area contributed by atoms with E-state index in [0.29, 0.717) is 24.7 Å². The number of aryl methyl sites for hydroxylation is 1. The lowest BCUT2D eigenvalue weighted by Gasteiger charge is -2.32. The first-order valence-electron chi connectivity index (χ1n) is 8.22. The molecule has 1 saturated heterocycles. The van der Waals surface area contributed by atoms with Crippen LogP contribution in [0.4, 0.5) is 5.82 Å². The van der Waals surface area contributed by atoms with Crippen LogP contribution in [0.3, 0.4) is 0 Å². The molecule has 1 atom stereocenters.